The first-order valence-corrected chi connectivity index (χ1v) is 10.3. The second kappa shape index (κ2) is 9.64. The van der Waals surface area contributed by atoms with Gasteiger partial charge in [-0.2, -0.15) is 11.8 Å². The maximum atomic E-state index is 14.2. The summed E-state index contributed by atoms with van der Waals surface area (Å²) in [5.41, 5.74) is 7.68. The maximum Gasteiger partial charge on any atom is 0.183 e. The molecule has 0 radical (unpaired) electrons. The molecule has 1 aromatic carbocycles. The minimum Gasteiger partial charge on any atom is -0.396 e. The summed E-state index contributed by atoms with van der Waals surface area (Å²) < 4.78 is 28.0. The maximum absolute atomic E-state index is 14.2. The summed E-state index contributed by atoms with van der Waals surface area (Å²) >= 11 is 1.84. The number of aliphatic imine (C=N–C) groups is 1. The van der Waals surface area contributed by atoms with Crippen LogP contribution in [0.25, 0.3) is 5.70 Å². The molecule has 1 saturated heterocycles. The number of allylic oxidation sites excluding steroid dienone is 1. The van der Waals surface area contributed by atoms with E-state index in [1.807, 2.05) is 23.6 Å². The average Bonchev–Trinajstić information content (AvgIpc) is 2.73. The van der Waals surface area contributed by atoms with Crippen molar-refractivity contribution >= 4 is 29.0 Å². The zero-order chi connectivity index (χ0) is 19.9. The number of nitrogens with two attached hydrogens (primary N) is 1. The van der Waals surface area contributed by atoms with Gasteiger partial charge in [0.2, 0.25) is 0 Å². The molecule has 1 aliphatic rings. The minimum absolute atomic E-state index is 0.223. The summed E-state index contributed by atoms with van der Waals surface area (Å²) in [7, 11) is 0. The third kappa shape index (κ3) is 5.07. The second-order valence-electron chi connectivity index (χ2n) is 6.32. The lowest BCUT2D eigenvalue weighted by Gasteiger charge is -2.27. The summed E-state index contributed by atoms with van der Waals surface area (Å²) in [6.45, 7) is 3.64. The SMILES string of the molecule is CCC(C=C(N)c1ncc(F)c(N2CCSCC2)n1)=NCc1ccccc1F. The molecule has 0 aliphatic carbocycles. The van der Waals surface area contributed by atoms with Crippen LogP contribution in [-0.4, -0.2) is 40.3 Å². The summed E-state index contributed by atoms with van der Waals surface area (Å²) in [5, 5.41) is 0. The average molecular weight is 404 g/mol. The van der Waals surface area contributed by atoms with Crippen LogP contribution in [0.15, 0.2) is 41.5 Å². The van der Waals surface area contributed by atoms with Crippen LogP contribution in [0.1, 0.15) is 24.7 Å². The molecule has 1 aliphatic heterocycles. The zero-order valence-electron chi connectivity index (χ0n) is 15.7. The first kappa shape index (κ1) is 20.3. The number of hydrogen-bond donors (Lipinski definition) is 1. The lowest BCUT2D eigenvalue weighted by Crippen LogP contribution is -2.34. The van der Waals surface area contributed by atoms with E-state index < -0.39 is 5.82 Å². The number of rotatable bonds is 6. The molecule has 0 spiro atoms. The third-order valence-electron chi connectivity index (χ3n) is 4.39. The molecule has 0 saturated carbocycles. The molecule has 28 heavy (non-hydrogen) atoms. The van der Waals surface area contributed by atoms with Gasteiger partial charge in [-0.3, -0.25) is 4.99 Å². The van der Waals surface area contributed by atoms with Crippen LogP contribution in [0.2, 0.25) is 0 Å². The van der Waals surface area contributed by atoms with E-state index in [0.717, 1.165) is 30.8 Å². The molecule has 5 nitrogen and oxygen atoms in total. The molecule has 0 bridgehead atoms. The molecular formula is C20H23F2N5S. The highest BCUT2D eigenvalue weighted by Gasteiger charge is 2.18. The van der Waals surface area contributed by atoms with Crippen molar-refractivity contribution in [3.8, 4) is 0 Å². The Morgan fingerprint density at radius 3 is 2.71 bits per heavy atom. The number of benzene rings is 1. The number of anilines is 1. The Hall–Kier alpha value is -2.48. The summed E-state index contributed by atoms with van der Waals surface area (Å²) in [4.78, 5) is 14.7. The van der Waals surface area contributed by atoms with Gasteiger partial charge in [0.25, 0.3) is 0 Å². The fraction of sp³-hybridized carbons (Fsp3) is 0.350. The highest BCUT2D eigenvalue weighted by molar-refractivity contribution is 7.99. The van der Waals surface area contributed by atoms with Crippen LogP contribution in [0.5, 0.6) is 0 Å². The van der Waals surface area contributed by atoms with Crippen molar-refractivity contribution < 1.29 is 8.78 Å². The lowest BCUT2D eigenvalue weighted by atomic mass is 10.2. The van der Waals surface area contributed by atoms with Crippen LogP contribution in [-0.2, 0) is 6.54 Å². The van der Waals surface area contributed by atoms with E-state index in [1.54, 1.807) is 24.3 Å². The molecule has 1 fully saturated rings. The summed E-state index contributed by atoms with van der Waals surface area (Å²) in [6, 6.07) is 6.53. The smallest absolute Gasteiger partial charge is 0.183 e. The van der Waals surface area contributed by atoms with Gasteiger partial charge in [-0.15, -0.1) is 0 Å². The summed E-state index contributed by atoms with van der Waals surface area (Å²) in [6.07, 6.45) is 3.44. The van der Waals surface area contributed by atoms with Gasteiger partial charge in [0.05, 0.1) is 18.4 Å². The fourth-order valence-corrected chi connectivity index (χ4v) is 3.71. The Kier molecular flexibility index (Phi) is 6.97. The Morgan fingerprint density at radius 1 is 1.25 bits per heavy atom. The van der Waals surface area contributed by atoms with Crippen LogP contribution in [0.4, 0.5) is 14.6 Å². The molecule has 0 atom stereocenters. The highest BCUT2D eigenvalue weighted by atomic mass is 32.2. The van der Waals surface area contributed by atoms with Crippen LogP contribution in [0.3, 0.4) is 0 Å². The Balaban J connectivity index is 1.81. The monoisotopic (exact) mass is 403 g/mol. The van der Waals surface area contributed by atoms with Gasteiger partial charge in [-0.05, 0) is 18.6 Å². The van der Waals surface area contributed by atoms with E-state index in [0.29, 0.717) is 23.4 Å². The van der Waals surface area contributed by atoms with Crippen molar-refractivity contribution in [1.82, 2.24) is 9.97 Å². The Morgan fingerprint density at radius 2 is 2.00 bits per heavy atom. The van der Waals surface area contributed by atoms with Crippen molar-refractivity contribution in [1.29, 1.82) is 0 Å². The van der Waals surface area contributed by atoms with Gasteiger partial charge < -0.3 is 10.6 Å². The van der Waals surface area contributed by atoms with E-state index in [-0.39, 0.29) is 24.0 Å². The molecular weight excluding hydrogens is 380 g/mol. The van der Waals surface area contributed by atoms with Crippen molar-refractivity contribution in [2.45, 2.75) is 19.9 Å². The van der Waals surface area contributed by atoms with Crippen molar-refractivity contribution in [2.75, 3.05) is 29.5 Å². The fourth-order valence-electron chi connectivity index (χ4n) is 2.81. The van der Waals surface area contributed by atoms with Gasteiger partial charge in [-0.1, -0.05) is 25.1 Å². The van der Waals surface area contributed by atoms with E-state index in [1.165, 1.54) is 6.07 Å². The van der Waals surface area contributed by atoms with Gasteiger partial charge in [0, 0.05) is 35.9 Å². The van der Waals surface area contributed by atoms with Crippen molar-refractivity contribution in [3.63, 3.8) is 0 Å². The predicted molar refractivity (Wildman–Crippen MR) is 112 cm³/mol. The molecule has 1 aromatic heterocycles. The molecule has 3 rings (SSSR count). The van der Waals surface area contributed by atoms with Crippen LogP contribution >= 0.6 is 11.8 Å². The normalized spacial score (nSPS) is 15.8. The predicted octanol–water partition coefficient (Wildman–Crippen LogP) is 3.66. The number of thioether (sulfide) groups is 1. The first-order valence-electron chi connectivity index (χ1n) is 9.18. The topological polar surface area (TPSA) is 67.4 Å². The van der Waals surface area contributed by atoms with Crippen LogP contribution in [0, 0.1) is 11.6 Å². The van der Waals surface area contributed by atoms with Gasteiger partial charge >= 0.3 is 0 Å². The number of hydrogen-bond acceptors (Lipinski definition) is 6. The highest BCUT2D eigenvalue weighted by Crippen LogP contribution is 2.21. The number of nitrogens with zero attached hydrogens (tertiary/aromatic N) is 4. The molecule has 0 amide bonds. The third-order valence-corrected chi connectivity index (χ3v) is 5.33. The summed E-state index contributed by atoms with van der Waals surface area (Å²) in [5.74, 6) is 1.68. The molecule has 2 heterocycles. The van der Waals surface area contributed by atoms with E-state index in [9.17, 15) is 8.78 Å². The molecule has 2 aromatic rings. The molecule has 148 valence electrons. The lowest BCUT2D eigenvalue weighted by molar-refractivity contribution is 0.603. The van der Waals surface area contributed by atoms with E-state index in [2.05, 4.69) is 15.0 Å². The van der Waals surface area contributed by atoms with Crippen molar-refractivity contribution in [2.24, 2.45) is 10.7 Å². The Bertz CT molecular complexity index is 879. The van der Waals surface area contributed by atoms with Crippen LogP contribution < -0.4 is 10.6 Å². The van der Waals surface area contributed by atoms with Gasteiger partial charge in [-0.25, -0.2) is 18.7 Å². The van der Waals surface area contributed by atoms with E-state index >= 15 is 0 Å². The van der Waals surface area contributed by atoms with Crippen molar-refractivity contribution in [3.05, 3.63) is 59.6 Å². The van der Waals surface area contributed by atoms with Gasteiger partial charge in [0.1, 0.15) is 5.82 Å². The first-order chi connectivity index (χ1) is 13.6. The molecule has 0 unspecified atom stereocenters. The van der Waals surface area contributed by atoms with E-state index in [4.69, 9.17) is 5.73 Å². The standard InChI is InChI=1S/C20H23F2N5S/c1-2-15(24-12-14-5-3-4-6-16(14)21)11-18(23)19-25-13-17(22)20(26-19)27-7-9-28-10-8-27/h3-6,11,13H,2,7-10,12,23H2,1H3. The minimum atomic E-state index is -0.451. The number of aromatic nitrogens is 2. The Labute approximate surface area is 167 Å². The second-order valence-corrected chi connectivity index (χ2v) is 7.54. The quantitative estimate of drug-likeness (QED) is 0.746. The van der Waals surface area contributed by atoms with Gasteiger partial charge in [0.15, 0.2) is 17.5 Å². The molecule has 2 N–H and O–H groups in total. The number of halogens is 2. The zero-order valence-corrected chi connectivity index (χ0v) is 16.6. The largest absolute Gasteiger partial charge is 0.396 e. The molecule has 8 heteroatoms.